The van der Waals surface area contributed by atoms with Crippen molar-refractivity contribution in [3.05, 3.63) is 156 Å². The normalized spacial score (nSPS) is 17.0. The highest BCUT2D eigenvalue weighted by Crippen LogP contribution is 2.60. The van der Waals surface area contributed by atoms with Crippen LogP contribution in [0.3, 0.4) is 0 Å². The molecule has 0 radical (unpaired) electrons. The average molecular weight is 657 g/mol. The van der Waals surface area contributed by atoms with Crippen molar-refractivity contribution in [2.45, 2.75) is 58.0 Å². The van der Waals surface area contributed by atoms with Crippen molar-refractivity contribution in [1.29, 1.82) is 0 Å². The monoisotopic (exact) mass is 656 g/mol. The van der Waals surface area contributed by atoms with Gasteiger partial charge in [0.25, 0.3) is 0 Å². The molecule has 0 saturated carbocycles. The van der Waals surface area contributed by atoms with Gasteiger partial charge in [0.2, 0.25) is 0 Å². The molecule has 0 bridgehead atoms. The van der Waals surface area contributed by atoms with Gasteiger partial charge >= 0.3 is 0 Å². The lowest BCUT2D eigenvalue weighted by Crippen LogP contribution is -2.30. The maximum Gasteiger partial charge on any atom is 0.146 e. The highest BCUT2D eigenvalue weighted by atomic mass is 31.2. The van der Waals surface area contributed by atoms with Gasteiger partial charge in [-0.1, -0.05) is 114 Å². The molecule has 0 saturated heterocycles. The number of rotatable bonds is 3. The van der Waals surface area contributed by atoms with Crippen molar-refractivity contribution in [3.8, 4) is 11.1 Å². The molecule has 6 aromatic carbocycles. The molecule has 49 heavy (non-hydrogen) atoms. The summed E-state index contributed by atoms with van der Waals surface area (Å²) in [6.45, 7) is 13.5. The van der Waals surface area contributed by atoms with E-state index < -0.39 is 7.14 Å². The molecule has 0 unspecified atom stereocenters. The second-order valence-corrected chi connectivity index (χ2v) is 18.5. The maximum atomic E-state index is 15.3. The molecule has 3 heterocycles. The molecule has 0 atom stereocenters. The summed E-state index contributed by atoms with van der Waals surface area (Å²) in [5, 5.41) is 1.94. The predicted octanol–water partition coefficient (Wildman–Crippen LogP) is 11.6. The van der Waals surface area contributed by atoms with Gasteiger partial charge in [-0.2, -0.15) is 0 Å². The first-order chi connectivity index (χ1) is 23.5. The lowest BCUT2D eigenvalue weighted by Gasteiger charge is -2.42. The van der Waals surface area contributed by atoms with Gasteiger partial charge in [-0.3, -0.25) is 0 Å². The lowest BCUT2D eigenvalue weighted by molar-refractivity contribution is 0.582. The summed E-state index contributed by atoms with van der Waals surface area (Å²) in [7, 11) is -2.88. The molecular weight excluding hydrogens is 615 g/mol. The van der Waals surface area contributed by atoms with E-state index in [9.17, 15) is 0 Å². The zero-order valence-electron chi connectivity index (χ0n) is 29.0. The van der Waals surface area contributed by atoms with E-state index in [4.69, 9.17) is 0 Å². The molecule has 0 N–H and O–H groups in total. The first-order valence-electron chi connectivity index (χ1n) is 17.4. The quantitative estimate of drug-likeness (QED) is 0.177. The summed E-state index contributed by atoms with van der Waals surface area (Å²) in [4.78, 5) is 4.80. The van der Waals surface area contributed by atoms with Crippen LogP contribution in [0.15, 0.2) is 133 Å². The van der Waals surface area contributed by atoms with Gasteiger partial charge < -0.3 is 14.4 Å². The van der Waals surface area contributed by atoms with Gasteiger partial charge in [0, 0.05) is 38.5 Å². The zero-order chi connectivity index (χ0) is 33.9. The van der Waals surface area contributed by atoms with E-state index in [0.717, 1.165) is 33.1 Å². The smallest absolute Gasteiger partial charge is 0.146 e. The van der Waals surface area contributed by atoms with Crippen LogP contribution in [0.2, 0.25) is 0 Å². The summed E-state index contributed by atoms with van der Waals surface area (Å²) < 4.78 is 15.3. The molecule has 0 spiro atoms. The van der Waals surface area contributed by atoms with Crippen LogP contribution >= 0.6 is 7.14 Å². The fourth-order valence-corrected chi connectivity index (χ4v) is 12.0. The van der Waals surface area contributed by atoms with Crippen LogP contribution in [-0.2, 0) is 15.4 Å². The molecule has 0 amide bonds. The van der Waals surface area contributed by atoms with Crippen molar-refractivity contribution in [3.63, 3.8) is 0 Å². The number of hydrogen-bond donors (Lipinski definition) is 0. The third-order valence-electron chi connectivity index (χ3n) is 11.5. The number of benzene rings is 6. The summed E-state index contributed by atoms with van der Waals surface area (Å²) in [6, 6.07) is 48.4. The Hall–Kier alpha value is -4.85. The van der Waals surface area contributed by atoms with E-state index in [1.165, 1.54) is 45.0 Å². The highest BCUT2D eigenvalue weighted by Gasteiger charge is 2.44. The topological polar surface area (TPSA) is 23.6 Å². The van der Waals surface area contributed by atoms with Gasteiger partial charge in [-0.25, -0.2) is 0 Å². The highest BCUT2D eigenvalue weighted by molar-refractivity contribution is 7.80. The van der Waals surface area contributed by atoms with Crippen LogP contribution in [0.4, 0.5) is 34.1 Å². The van der Waals surface area contributed by atoms with Gasteiger partial charge in [-0.05, 0) is 94.0 Å². The fourth-order valence-electron chi connectivity index (χ4n) is 8.92. The minimum absolute atomic E-state index is 0.0151. The third-order valence-corrected chi connectivity index (χ3v) is 15.1. The average Bonchev–Trinajstić information content (AvgIpc) is 3.37. The Labute approximate surface area is 290 Å². The summed E-state index contributed by atoms with van der Waals surface area (Å²) in [5.41, 5.74) is 14.0. The van der Waals surface area contributed by atoms with Crippen LogP contribution in [0, 0.1) is 0 Å². The standard InChI is InChI=1S/C45H41N2OP/c1-29(2)49(48)42-25-23-30(46-38-19-11-7-15-34(38)44(3,4)35-16-8-12-20-39(35)46)27-32(42)33-28-31(24-26-43(33)49)47-40-21-13-9-17-36(40)45(5,6)37-18-10-14-22-41(37)47/h7-29H,1-6H3. The Morgan fingerprint density at radius 2 is 0.776 bits per heavy atom. The number of para-hydroxylation sites is 4. The largest absolute Gasteiger partial charge is 0.313 e. The van der Waals surface area contributed by atoms with E-state index in [1.54, 1.807) is 0 Å². The minimum atomic E-state index is -2.88. The van der Waals surface area contributed by atoms with Crippen molar-refractivity contribution < 1.29 is 4.57 Å². The van der Waals surface area contributed by atoms with Gasteiger partial charge in [0.15, 0.2) is 0 Å². The van der Waals surface area contributed by atoms with Crippen LogP contribution in [0.1, 0.15) is 63.8 Å². The number of anilines is 6. The fraction of sp³-hybridized carbons (Fsp3) is 0.200. The van der Waals surface area contributed by atoms with E-state index >= 15 is 4.57 Å². The number of fused-ring (bicyclic) bond motifs is 7. The molecule has 242 valence electrons. The maximum absolute atomic E-state index is 15.3. The first kappa shape index (κ1) is 30.2. The Morgan fingerprint density at radius 1 is 0.469 bits per heavy atom. The Bertz CT molecular complexity index is 2130. The van der Waals surface area contributed by atoms with E-state index in [-0.39, 0.29) is 16.5 Å². The Balaban J connectivity index is 1.27. The summed E-state index contributed by atoms with van der Waals surface area (Å²) in [6.07, 6.45) is 0. The predicted molar refractivity (Wildman–Crippen MR) is 208 cm³/mol. The van der Waals surface area contributed by atoms with Crippen LogP contribution in [-0.4, -0.2) is 5.66 Å². The molecule has 3 aliphatic rings. The lowest BCUT2D eigenvalue weighted by atomic mass is 9.73. The van der Waals surface area contributed by atoms with E-state index in [2.05, 4.69) is 185 Å². The second kappa shape index (κ2) is 10.3. The summed E-state index contributed by atoms with van der Waals surface area (Å²) in [5.74, 6) is 0. The molecule has 0 fully saturated rings. The molecule has 3 nitrogen and oxygen atoms in total. The zero-order valence-corrected chi connectivity index (χ0v) is 29.9. The van der Waals surface area contributed by atoms with Gasteiger partial charge in [0.05, 0.1) is 22.7 Å². The molecule has 0 aliphatic carbocycles. The van der Waals surface area contributed by atoms with Crippen molar-refractivity contribution >= 4 is 51.9 Å². The molecule has 6 aromatic rings. The van der Waals surface area contributed by atoms with Crippen LogP contribution in [0.5, 0.6) is 0 Å². The van der Waals surface area contributed by atoms with E-state index in [1.807, 2.05) is 0 Å². The second-order valence-electron chi connectivity index (χ2n) is 15.1. The number of nitrogens with zero attached hydrogens (tertiary/aromatic N) is 2. The van der Waals surface area contributed by atoms with Crippen molar-refractivity contribution in [1.82, 2.24) is 0 Å². The van der Waals surface area contributed by atoms with E-state index in [0.29, 0.717) is 0 Å². The molecule has 0 aromatic heterocycles. The van der Waals surface area contributed by atoms with Crippen molar-refractivity contribution in [2.24, 2.45) is 0 Å². The number of hydrogen-bond acceptors (Lipinski definition) is 3. The first-order valence-corrected chi connectivity index (χ1v) is 19.2. The van der Waals surface area contributed by atoms with Crippen LogP contribution in [0.25, 0.3) is 11.1 Å². The van der Waals surface area contributed by atoms with Gasteiger partial charge in [0.1, 0.15) is 7.14 Å². The molecule has 9 rings (SSSR count). The summed E-state index contributed by atoms with van der Waals surface area (Å²) >= 11 is 0. The molecular formula is C45H41N2OP. The van der Waals surface area contributed by atoms with Crippen molar-refractivity contribution in [2.75, 3.05) is 9.80 Å². The minimum Gasteiger partial charge on any atom is -0.313 e. The van der Waals surface area contributed by atoms with Crippen LogP contribution < -0.4 is 20.4 Å². The molecule has 4 heteroatoms. The van der Waals surface area contributed by atoms with Gasteiger partial charge in [-0.15, -0.1) is 0 Å². The SMILES string of the molecule is CC(C)P1(=O)c2ccc(N3c4ccccc4C(C)(C)c4ccccc43)cc2-c2cc(N3c4ccccc4C(C)(C)c4ccccc43)ccc21. The molecule has 3 aliphatic heterocycles. The Kier molecular flexibility index (Phi) is 6.37. The Morgan fingerprint density at radius 3 is 1.08 bits per heavy atom. The third kappa shape index (κ3) is 4.00.